The molecule has 0 saturated heterocycles. The monoisotopic (exact) mass is 738 g/mol. The lowest BCUT2D eigenvalue weighted by Crippen LogP contribution is -2.10. The molecule has 272 valence electrons. The summed E-state index contributed by atoms with van der Waals surface area (Å²) in [7, 11) is 0. The van der Waals surface area contributed by atoms with Crippen molar-refractivity contribution < 1.29 is 0 Å². The molecule has 0 atom stereocenters. The molecule has 0 spiro atoms. The maximum atomic E-state index is 2.48. The Morgan fingerprint density at radius 1 is 0.224 bits per heavy atom. The second kappa shape index (κ2) is 13.1. The smallest absolute Gasteiger partial charge is 0.0468 e. The predicted molar refractivity (Wildman–Crippen MR) is 245 cm³/mol. The second-order valence-corrected chi connectivity index (χ2v) is 15.7. The van der Waals surface area contributed by atoms with Gasteiger partial charge >= 0.3 is 0 Å². The van der Waals surface area contributed by atoms with E-state index in [-0.39, 0.29) is 0 Å². The van der Waals surface area contributed by atoms with Crippen molar-refractivity contribution in [2.24, 2.45) is 0 Å². The highest BCUT2D eigenvalue weighted by Gasteiger charge is 2.25. The van der Waals surface area contributed by atoms with Crippen molar-refractivity contribution in [3.05, 3.63) is 229 Å². The van der Waals surface area contributed by atoms with Crippen LogP contribution in [0.1, 0.15) is 22.3 Å². The van der Waals surface area contributed by atoms with E-state index in [4.69, 9.17) is 0 Å². The molecule has 0 saturated carbocycles. The van der Waals surface area contributed by atoms with E-state index in [1.807, 2.05) is 0 Å². The van der Waals surface area contributed by atoms with E-state index < -0.39 is 0 Å². The molecule has 10 aromatic rings. The molecule has 0 heterocycles. The van der Waals surface area contributed by atoms with E-state index in [2.05, 4.69) is 216 Å². The molecule has 0 amide bonds. The minimum absolute atomic E-state index is 0.898. The Hall–Kier alpha value is -7.42. The van der Waals surface area contributed by atoms with Gasteiger partial charge in [-0.05, 0) is 162 Å². The second-order valence-electron chi connectivity index (χ2n) is 15.7. The molecule has 2 aliphatic rings. The molecule has 58 heavy (non-hydrogen) atoms. The zero-order chi connectivity index (χ0) is 38.2. The first-order chi connectivity index (χ1) is 28.7. The van der Waals surface area contributed by atoms with E-state index in [9.17, 15) is 0 Å². The minimum atomic E-state index is 0.898. The van der Waals surface area contributed by atoms with Gasteiger partial charge in [-0.1, -0.05) is 133 Å². The maximum Gasteiger partial charge on any atom is 0.0468 e. The molecule has 12 rings (SSSR count). The van der Waals surface area contributed by atoms with Gasteiger partial charge in [0, 0.05) is 34.1 Å². The van der Waals surface area contributed by atoms with Gasteiger partial charge < -0.3 is 9.80 Å². The highest BCUT2D eigenvalue weighted by molar-refractivity contribution is 6.25. The molecular weight excluding hydrogens is 701 g/mol. The van der Waals surface area contributed by atoms with Gasteiger partial charge in [0.15, 0.2) is 0 Å². The highest BCUT2D eigenvalue weighted by Crippen LogP contribution is 2.47. The summed E-state index contributed by atoms with van der Waals surface area (Å²) in [6.45, 7) is 0. The van der Waals surface area contributed by atoms with Crippen LogP contribution in [0.2, 0.25) is 0 Å². The molecule has 0 fully saturated rings. The fraction of sp³-hybridized carbons (Fsp3) is 0.0357. The van der Waals surface area contributed by atoms with Crippen LogP contribution in [0.15, 0.2) is 206 Å². The van der Waals surface area contributed by atoms with E-state index in [1.165, 1.54) is 82.5 Å². The Balaban J connectivity index is 1.02. The molecule has 0 aromatic heterocycles. The van der Waals surface area contributed by atoms with Gasteiger partial charge in [0.2, 0.25) is 0 Å². The number of nitrogens with zero attached hydrogens (tertiary/aromatic N) is 2. The number of fused-ring (bicyclic) bond motifs is 12. The van der Waals surface area contributed by atoms with Crippen LogP contribution in [0.4, 0.5) is 34.1 Å². The third kappa shape index (κ3) is 5.19. The summed E-state index contributed by atoms with van der Waals surface area (Å²) in [5.74, 6) is 0. The van der Waals surface area contributed by atoms with E-state index in [0.29, 0.717) is 0 Å². The first-order valence-electron chi connectivity index (χ1n) is 20.3. The van der Waals surface area contributed by atoms with E-state index in [0.717, 1.165) is 41.3 Å². The van der Waals surface area contributed by atoms with Crippen LogP contribution in [0.3, 0.4) is 0 Å². The number of anilines is 6. The fourth-order valence-electron chi connectivity index (χ4n) is 9.78. The molecule has 0 radical (unpaired) electrons. The Morgan fingerprint density at radius 3 is 1.24 bits per heavy atom. The minimum Gasteiger partial charge on any atom is -0.310 e. The van der Waals surface area contributed by atoms with E-state index >= 15 is 0 Å². The molecule has 0 bridgehead atoms. The van der Waals surface area contributed by atoms with Crippen molar-refractivity contribution >= 4 is 66.4 Å². The van der Waals surface area contributed by atoms with Crippen LogP contribution < -0.4 is 9.80 Å². The van der Waals surface area contributed by atoms with Crippen molar-refractivity contribution in [2.75, 3.05) is 9.80 Å². The van der Waals surface area contributed by atoms with Crippen LogP contribution in [0.25, 0.3) is 54.6 Å². The summed E-state index contributed by atoms with van der Waals surface area (Å²) >= 11 is 0. The van der Waals surface area contributed by atoms with Crippen LogP contribution in [-0.2, 0) is 12.8 Å². The van der Waals surface area contributed by atoms with Crippen molar-refractivity contribution in [2.45, 2.75) is 12.8 Å². The summed E-state index contributed by atoms with van der Waals surface area (Å²) in [5, 5.41) is 7.70. The zero-order valence-corrected chi connectivity index (χ0v) is 31.9. The Labute approximate surface area is 338 Å². The predicted octanol–water partition coefficient (Wildman–Crippen LogP) is 15.2. The molecule has 0 unspecified atom stereocenters. The SMILES string of the molecule is c1ccc(N(c2ccccc2)c2ccc3c(c2)-c2ccc(N(c4ccc5c(c4)-c4ccccc4C5)c4ccc5c6ccccc6c6ccccc6c5c4)cc2C3)cc1. The summed E-state index contributed by atoms with van der Waals surface area (Å²) < 4.78 is 0. The summed E-state index contributed by atoms with van der Waals surface area (Å²) in [4.78, 5) is 4.83. The number of hydrogen-bond donors (Lipinski definition) is 0. The maximum absolute atomic E-state index is 2.48. The van der Waals surface area contributed by atoms with Crippen molar-refractivity contribution in [3.8, 4) is 22.3 Å². The Kier molecular flexibility index (Phi) is 7.39. The van der Waals surface area contributed by atoms with Gasteiger partial charge in [0.05, 0.1) is 0 Å². The van der Waals surface area contributed by atoms with Gasteiger partial charge in [-0.25, -0.2) is 0 Å². The molecule has 0 N–H and O–H groups in total. The Morgan fingerprint density at radius 2 is 0.621 bits per heavy atom. The van der Waals surface area contributed by atoms with Crippen molar-refractivity contribution in [3.63, 3.8) is 0 Å². The fourth-order valence-corrected chi connectivity index (χ4v) is 9.78. The quantitative estimate of drug-likeness (QED) is 0.157. The molecule has 0 aliphatic heterocycles. The van der Waals surface area contributed by atoms with Crippen LogP contribution in [0, 0.1) is 0 Å². The Bertz CT molecular complexity index is 3160. The number of hydrogen-bond acceptors (Lipinski definition) is 2. The summed E-state index contributed by atoms with van der Waals surface area (Å²) in [6.07, 6.45) is 1.88. The van der Waals surface area contributed by atoms with Gasteiger partial charge in [0.25, 0.3) is 0 Å². The highest BCUT2D eigenvalue weighted by atomic mass is 15.1. The van der Waals surface area contributed by atoms with Crippen LogP contribution >= 0.6 is 0 Å². The molecule has 2 nitrogen and oxygen atoms in total. The average Bonchev–Trinajstić information content (AvgIpc) is 3.85. The van der Waals surface area contributed by atoms with Gasteiger partial charge in [0.1, 0.15) is 0 Å². The lowest BCUT2D eigenvalue weighted by Gasteiger charge is -2.27. The van der Waals surface area contributed by atoms with Gasteiger partial charge in [-0.2, -0.15) is 0 Å². The standard InChI is InChI=1S/C56H38N2/c1-3-14-41(15-4-1)57(42-16-5-2-6-17-42)44-25-24-39-32-40-33-43(27-29-48(40)55(39)34-44)58(45-26-23-38-31-37-13-7-8-18-47(37)54(38)35-45)46-28-30-53-51-21-10-9-19-49(51)50-20-11-12-22-52(50)56(53)36-46/h1-30,33-36H,31-32H2. The molecular formula is C56H38N2. The third-order valence-electron chi connectivity index (χ3n) is 12.4. The number of benzene rings is 10. The van der Waals surface area contributed by atoms with Gasteiger partial charge in [-0.15, -0.1) is 0 Å². The van der Waals surface area contributed by atoms with Gasteiger partial charge in [-0.3, -0.25) is 0 Å². The largest absolute Gasteiger partial charge is 0.310 e. The molecule has 2 aliphatic carbocycles. The summed E-state index contributed by atoms with van der Waals surface area (Å²) in [6, 6.07) is 76.2. The lowest BCUT2D eigenvalue weighted by molar-refractivity contribution is 1.22. The zero-order valence-electron chi connectivity index (χ0n) is 31.9. The third-order valence-corrected chi connectivity index (χ3v) is 12.4. The molecule has 2 heteroatoms. The topological polar surface area (TPSA) is 6.48 Å². The first kappa shape index (κ1) is 32.8. The van der Waals surface area contributed by atoms with Crippen LogP contribution in [-0.4, -0.2) is 0 Å². The first-order valence-corrected chi connectivity index (χ1v) is 20.3. The van der Waals surface area contributed by atoms with Crippen molar-refractivity contribution in [1.29, 1.82) is 0 Å². The van der Waals surface area contributed by atoms with E-state index in [1.54, 1.807) is 0 Å². The average molecular weight is 739 g/mol. The number of para-hydroxylation sites is 2. The summed E-state index contributed by atoms with van der Waals surface area (Å²) in [5.41, 5.74) is 17.7. The lowest BCUT2D eigenvalue weighted by atomic mass is 9.94. The van der Waals surface area contributed by atoms with Crippen molar-refractivity contribution in [1.82, 2.24) is 0 Å². The van der Waals surface area contributed by atoms with Crippen LogP contribution in [0.5, 0.6) is 0 Å². The normalized spacial score (nSPS) is 12.3. The molecule has 10 aromatic carbocycles. The number of rotatable bonds is 6.